The van der Waals surface area contributed by atoms with E-state index in [4.69, 9.17) is 4.74 Å². The van der Waals surface area contributed by atoms with Crippen LogP contribution < -0.4 is 5.32 Å². The van der Waals surface area contributed by atoms with Crippen molar-refractivity contribution in [3.8, 4) is 11.1 Å². The van der Waals surface area contributed by atoms with Gasteiger partial charge in [0, 0.05) is 18.3 Å². The summed E-state index contributed by atoms with van der Waals surface area (Å²) in [6.07, 6.45) is 3.45. The molecular weight excluding hydrogens is 392 g/mol. The second-order valence-electron chi connectivity index (χ2n) is 7.70. The lowest BCUT2D eigenvalue weighted by Gasteiger charge is -2.17. The van der Waals surface area contributed by atoms with Gasteiger partial charge in [-0.3, -0.25) is 4.98 Å². The van der Waals surface area contributed by atoms with E-state index in [2.05, 4.69) is 22.4 Å². The minimum atomic E-state index is -1.09. The zero-order valence-electron chi connectivity index (χ0n) is 17.2. The second-order valence-corrected chi connectivity index (χ2v) is 7.70. The number of rotatable bonds is 7. The minimum absolute atomic E-state index is 0.0699. The molecule has 0 aliphatic heterocycles. The molecule has 1 atom stereocenters. The molecule has 0 saturated heterocycles. The van der Waals surface area contributed by atoms with E-state index in [1.807, 2.05) is 49.4 Å². The highest BCUT2D eigenvalue weighted by Gasteiger charge is 2.29. The number of carbonyl (C=O) groups is 2. The molecule has 0 unspecified atom stereocenters. The molecule has 1 heterocycles. The van der Waals surface area contributed by atoms with E-state index < -0.39 is 18.1 Å². The highest BCUT2D eigenvalue weighted by atomic mass is 16.5. The fraction of sp³-hybridized carbons (Fsp3) is 0.240. The molecule has 6 heteroatoms. The van der Waals surface area contributed by atoms with Crippen LogP contribution in [0.25, 0.3) is 11.1 Å². The number of aryl methyl sites for hydroxylation is 2. The summed E-state index contributed by atoms with van der Waals surface area (Å²) in [6, 6.07) is 17.0. The number of carboxylic acids is 1. The van der Waals surface area contributed by atoms with E-state index in [1.165, 1.54) is 0 Å². The molecule has 1 aliphatic carbocycles. The predicted octanol–water partition coefficient (Wildman–Crippen LogP) is 4.31. The van der Waals surface area contributed by atoms with Crippen LogP contribution in [0.2, 0.25) is 0 Å². The third kappa shape index (κ3) is 4.43. The van der Waals surface area contributed by atoms with Crippen molar-refractivity contribution in [3.05, 3.63) is 89.2 Å². The van der Waals surface area contributed by atoms with E-state index >= 15 is 0 Å². The SMILES string of the molecule is Cc1ccncc1CC[C@H](NC(=O)OCC1c2ccccc2-c2ccccc21)C(=O)O. The molecule has 2 aromatic carbocycles. The van der Waals surface area contributed by atoms with Crippen molar-refractivity contribution in [3.63, 3.8) is 0 Å². The number of aromatic nitrogens is 1. The van der Waals surface area contributed by atoms with Crippen LogP contribution in [-0.2, 0) is 16.0 Å². The quantitative estimate of drug-likeness (QED) is 0.599. The molecule has 2 N–H and O–H groups in total. The molecule has 3 aromatic rings. The zero-order chi connectivity index (χ0) is 21.8. The molecule has 6 nitrogen and oxygen atoms in total. The van der Waals surface area contributed by atoms with Crippen LogP contribution in [0.3, 0.4) is 0 Å². The van der Waals surface area contributed by atoms with Crippen molar-refractivity contribution in [1.82, 2.24) is 10.3 Å². The van der Waals surface area contributed by atoms with Gasteiger partial charge in [-0.25, -0.2) is 9.59 Å². The number of alkyl carbamates (subject to hydrolysis) is 1. The third-order valence-corrected chi connectivity index (χ3v) is 5.78. The summed E-state index contributed by atoms with van der Waals surface area (Å²) in [5, 5.41) is 12.0. The summed E-state index contributed by atoms with van der Waals surface area (Å²) in [5.74, 6) is -1.16. The number of aliphatic carboxylic acids is 1. The van der Waals surface area contributed by atoms with Crippen molar-refractivity contribution in [1.29, 1.82) is 0 Å². The Kier molecular flexibility index (Phi) is 5.98. The molecule has 158 valence electrons. The highest BCUT2D eigenvalue weighted by Crippen LogP contribution is 2.44. The van der Waals surface area contributed by atoms with Gasteiger partial charge in [-0.1, -0.05) is 48.5 Å². The molecule has 4 rings (SSSR count). The Morgan fingerprint density at radius 3 is 2.32 bits per heavy atom. The Morgan fingerprint density at radius 2 is 1.71 bits per heavy atom. The van der Waals surface area contributed by atoms with Gasteiger partial charge in [0.15, 0.2) is 0 Å². The first kappa shape index (κ1) is 20.6. The van der Waals surface area contributed by atoms with Gasteiger partial charge in [-0.2, -0.15) is 0 Å². The first-order valence-electron chi connectivity index (χ1n) is 10.3. The Hall–Kier alpha value is -3.67. The van der Waals surface area contributed by atoms with Gasteiger partial charge in [-0.05, 0) is 59.2 Å². The van der Waals surface area contributed by atoms with Gasteiger partial charge in [-0.15, -0.1) is 0 Å². The topological polar surface area (TPSA) is 88.5 Å². The van der Waals surface area contributed by atoms with E-state index in [-0.39, 0.29) is 18.9 Å². The molecule has 0 bridgehead atoms. The molecule has 1 aliphatic rings. The number of pyridine rings is 1. The van der Waals surface area contributed by atoms with Crippen molar-refractivity contribution in [2.75, 3.05) is 6.61 Å². The van der Waals surface area contributed by atoms with Gasteiger partial charge >= 0.3 is 12.1 Å². The van der Waals surface area contributed by atoms with E-state index in [0.29, 0.717) is 6.42 Å². The zero-order valence-corrected chi connectivity index (χ0v) is 17.2. The average molecular weight is 416 g/mol. The Labute approximate surface area is 180 Å². The summed E-state index contributed by atoms with van der Waals surface area (Å²) in [5.41, 5.74) is 6.50. The van der Waals surface area contributed by atoms with Crippen molar-refractivity contribution < 1.29 is 19.4 Å². The predicted molar refractivity (Wildman–Crippen MR) is 117 cm³/mol. The van der Waals surface area contributed by atoms with Crippen LogP contribution in [-0.4, -0.2) is 34.8 Å². The number of nitrogens with zero attached hydrogens (tertiary/aromatic N) is 1. The molecule has 1 amide bonds. The summed E-state index contributed by atoms with van der Waals surface area (Å²) >= 11 is 0. The number of carboxylic acid groups (broad SMARTS) is 1. The average Bonchev–Trinajstić information content (AvgIpc) is 3.10. The summed E-state index contributed by atoms with van der Waals surface area (Å²) in [6.45, 7) is 2.10. The Bertz CT molecular complexity index is 1070. The number of benzene rings is 2. The minimum Gasteiger partial charge on any atom is -0.480 e. The van der Waals surface area contributed by atoms with Crippen molar-refractivity contribution in [2.45, 2.75) is 31.7 Å². The number of carbonyl (C=O) groups excluding carboxylic acids is 1. The number of amides is 1. The Balaban J connectivity index is 1.39. The molecule has 0 fully saturated rings. The summed E-state index contributed by atoms with van der Waals surface area (Å²) < 4.78 is 5.47. The molecule has 0 saturated carbocycles. The molecule has 0 radical (unpaired) electrons. The normalized spacial score (nSPS) is 13.2. The lowest BCUT2D eigenvalue weighted by Crippen LogP contribution is -2.41. The third-order valence-electron chi connectivity index (χ3n) is 5.78. The first-order chi connectivity index (χ1) is 15.0. The van der Waals surface area contributed by atoms with Gasteiger partial charge < -0.3 is 15.2 Å². The molecular formula is C25H24N2O4. The van der Waals surface area contributed by atoms with Crippen LogP contribution in [0.5, 0.6) is 0 Å². The lowest BCUT2D eigenvalue weighted by atomic mass is 9.98. The van der Waals surface area contributed by atoms with E-state index in [9.17, 15) is 14.7 Å². The largest absolute Gasteiger partial charge is 0.480 e. The summed E-state index contributed by atoms with van der Waals surface area (Å²) in [7, 11) is 0. The van der Waals surface area contributed by atoms with Gasteiger partial charge in [0.1, 0.15) is 12.6 Å². The van der Waals surface area contributed by atoms with Crippen LogP contribution in [0.1, 0.15) is 34.6 Å². The Morgan fingerprint density at radius 1 is 1.06 bits per heavy atom. The molecule has 1 aromatic heterocycles. The van der Waals surface area contributed by atoms with Crippen molar-refractivity contribution >= 4 is 12.1 Å². The monoisotopic (exact) mass is 416 g/mol. The van der Waals surface area contributed by atoms with Crippen molar-refractivity contribution in [2.24, 2.45) is 0 Å². The maximum Gasteiger partial charge on any atom is 0.407 e. The summed E-state index contributed by atoms with van der Waals surface area (Å²) in [4.78, 5) is 28.1. The van der Waals surface area contributed by atoms with Gasteiger partial charge in [0.05, 0.1) is 0 Å². The smallest absolute Gasteiger partial charge is 0.407 e. The lowest BCUT2D eigenvalue weighted by molar-refractivity contribution is -0.139. The number of fused-ring (bicyclic) bond motifs is 3. The van der Waals surface area contributed by atoms with Crippen LogP contribution >= 0.6 is 0 Å². The second kappa shape index (κ2) is 9.00. The fourth-order valence-electron chi connectivity index (χ4n) is 4.10. The van der Waals surface area contributed by atoms with Crippen LogP contribution in [0.15, 0.2) is 67.0 Å². The number of ether oxygens (including phenoxy) is 1. The molecule has 0 spiro atoms. The van der Waals surface area contributed by atoms with Crippen LogP contribution in [0, 0.1) is 6.92 Å². The maximum absolute atomic E-state index is 12.4. The van der Waals surface area contributed by atoms with E-state index in [1.54, 1.807) is 12.4 Å². The number of hydrogen-bond donors (Lipinski definition) is 2. The fourth-order valence-corrected chi connectivity index (χ4v) is 4.10. The molecule has 31 heavy (non-hydrogen) atoms. The first-order valence-corrected chi connectivity index (χ1v) is 10.3. The number of hydrogen-bond acceptors (Lipinski definition) is 4. The van der Waals surface area contributed by atoms with Crippen LogP contribution in [0.4, 0.5) is 4.79 Å². The number of nitrogens with one attached hydrogen (secondary N) is 1. The highest BCUT2D eigenvalue weighted by molar-refractivity contribution is 5.81. The van der Waals surface area contributed by atoms with Gasteiger partial charge in [0.2, 0.25) is 0 Å². The van der Waals surface area contributed by atoms with Gasteiger partial charge in [0.25, 0.3) is 0 Å². The van der Waals surface area contributed by atoms with E-state index in [0.717, 1.165) is 33.4 Å². The maximum atomic E-state index is 12.4. The standard InChI is InChI=1S/C25H24N2O4/c1-16-12-13-26-14-17(16)10-11-23(24(28)29)27-25(30)31-15-22-20-8-4-2-6-18(20)19-7-3-5-9-21(19)22/h2-9,12-14,22-23H,10-11,15H2,1H3,(H,27,30)(H,28,29)/t23-/m0/s1.